The molecule has 0 atom stereocenters. The molecule has 6 nitrogen and oxygen atoms in total. The van der Waals surface area contributed by atoms with Crippen LogP contribution in [0.5, 0.6) is 5.75 Å². The van der Waals surface area contributed by atoms with E-state index in [1.807, 2.05) is 30.3 Å². The van der Waals surface area contributed by atoms with E-state index in [0.717, 1.165) is 5.56 Å². The van der Waals surface area contributed by atoms with Crippen molar-refractivity contribution in [2.45, 2.75) is 6.54 Å². The van der Waals surface area contributed by atoms with Gasteiger partial charge in [0.05, 0.1) is 12.1 Å². The molecule has 3 aromatic rings. The highest BCUT2D eigenvalue weighted by molar-refractivity contribution is 6.32. The summed E-state index contributed by atoms with van der Waals surface area (Å²) < 4.78 is 5.07. The summed E-state index contributed by atoms with van der Waals surface area (Å²) in [5.41, 5.74) is 1.31. The lowest BCUT2D eigenvalue weighted by Gasteiger charge is -2.05. The van der Waals surface area contributed by atoms with Crippen molar-refractivity contribution in [3.63, 3.8) is 0 Å². The maximum Gasteiger partial charge on any atom is 0.204 e. The van der Waals surface area contributed by atoms with Gasteiger partial charge in [0, 0.05) is 11.1 Å². The third-order valence-corrected chi connectivity index (χ3v) is 3.54. The number of rotatable bonds is 5. The fourth-order valence-electron chi connectivity index (χ4n) is 2.07. The number of tetrazole rings is 1. The molecule has 2 aromatic carbocycles. The Morgan fingerprint density at radius 3 is 2.70 bits per heavy atom. The van der Waals surface area contributed by atoms with Gasteiger partial charge in [-0.25, -0.2) is 0 Å². The molecular formula is C16H13ClN4O2. The second-order valence-corrected chi connectivity index (χ2v) is 5.19. The molecule has 0 saturated heterocycles. The second-order valence-electron chi connectivity index (χ2n) is 4.78. The molecule has 7 heteroatoms. The monoisotopic (exact) mass is 328 g/mol. The Balaban J connectivity index is 1.76. The van der Waals surface area contributed by atoms with E-state index in [2.05, 4.69) is 15.4 Å². The number of halogens is 1. The summed E-state index contributed by atoms with van der Waals surface area (Å²) in [5.74, 6) is 0.839. The standard InChI is InChI=1S/C16H13ClN4O2/c1-23-15-8-7-12(9-13(15)17)14(22)10-21-19-16(18-20-21)11-5-3-2-4-6-11/h2-9H,10H2,1H3. The van der Waals surface area contributed by atoms with Crippen LogP contribution in [0.1, 0.15) is 10.4 Å². The number of aromatic nitrogens is 4. The molecule has 116 valence electrons. The minimum atomic E-state index is -0.161. The van der Waals surface area contributed by atoms with Crippen molar-refractivity contribution in [1.82, 2.24) is 20.2 Å². The molecule has 0 N–H and O–H groups in total. The van der Waals surface area contributed by atoms with Crippen LogP contribution in [0.15, 0.2) is 48.5 Å². The van der Waals surface area contributed by atoms with Crippen LogP contribution in [0.25, 0.3) is 11.4 Å². The zero-order valence-corrected chi connectivity index (χ0v) is 13.1. The maximum absolute atomic E-state index is 12.3. The summed E-state index contributed by atoms with van der Waals surface area (Å²) in [6, 6.07) is 14.3. The average Bonchev–Trinajstić information content (AvgIpc) is 3.04. The van der Waals surface area contributed by atoms with Gasteiger partial charge in [0.25, 0.3) is 0 Å². The third kappa shape index (κ3) is 3.37. The number of nitrogens with zero attached hydrogens (tertiary/aromatic N) is 4. The summed E-state index contributed by atoms with van der Waals surface area (Å²) >= 11 is 6.03. The fraction of sp³-hybridized carbons (Fsp3) is 0.125. The van der Waals surface area contributed by atoms with Gasteiger partial charge in [-0.15, -0.1) is 10.2 Å². The summed E-state index contributed by atoms with van der Waals surface area (Å²) in [7, 11) is 1.52. The molecule has 0 aliphatic rings. The highest BCUT2D eigenvalue weighted by atomic mass is 35.5. The van der Waals surface area contributed by atoms with Gasteiger partial charge < -0.3 is 4.74 Å². The van der Waals surface area contributed by atoms with Crippen molar-refractivity contribution in [2.24, 2.45) is 0 Å². The number of hydrogen-bond acceptors (Lipinski definition) is 5. The molecule has 0 radical (unpaired) electrons. The molecule has 0 aliphatic heterocycles. The fourth-order valence-corrected chi connectivity index (χ4v) is 2.33. The van der Waals surface area contributed by atoms with Crippen LogP contribution >= 0.6 is 11.6 Å². The van der Waals surface area contributed by atoms with E-state index < -0.39 is 0 Å². The van der Waals surface area contributed by atoms with Gasteiger partial charge in [-0.1, -0.05) is 41.9 Å². The van der Waals surface area contributed by atoms with Crippen molar-refractivity contribution in [2.75, 3.05) is 7.11 Å². The molecule has 3 rings (SSSR count). The molecule has 0 spiro atoms. The van der Waals surface area contributed by atoms with Gasteiger partial charge in [-0.2, -0.15) is 4.80 Å². The number of methoxy groups -OCH3 is 1. The van der Waals surface area contributed by atoms with Crippen molar-refractivity contribution in [1.29, 1.82) is 0 Å². The lowest BCUT2D eigenvalue weighted by atomic mass is 10.1. The van der Waals surface area contributed by atoms with Crippen LogP contribution in [0.3, 0.4) is 0 Å². The first-order valence-electron chi connectivity index (χ1n) is 6.87. The van der Waals surface area contributed by atoms with Crippen LogP contribution in [0.4, 0.5) is 0 Å². The van der Waals surface area contributed by atoms with Crippen molar-refractivity contribution < 1.29 is 9.53 Å². The minimum Gasteiger partial charge on any atom is -0.495 e. The molecule has 0 amide bonds. The van der Waals surface area contributed by atoms with Crippen LogP contribution < -0.4 is 4.74 Å². The normalized spacial score (nSPS) is 10.5. The van der Waals surface area contributed by atoms with Crippen LogP contribution in [0, 0.1) is 0 Å². The Bertz CT molecular complexity index is 833. The predicted molar refractivity (Wildman–Crippen MR) is 85.6 cm³/mol. The summed E-state index contributed by atoms with van der Waals surface area (Å²) in [6.07, 6.45) is 0. The SMILES string of the molecule is COc1ccc(C(=O)Cn2nnc(-c3ccccc3)n2)cc1Cl. The third-order valence-electron chi connectivity index (χ3n) is 3.24. The van der Waals surface area contributed by atoms with Crippen LogP contribution in [-0.2, 0) is 6.54 Å². The summed E-state index contributed by atoms with van der Waals surface area (Å²) in [5, 5.41) is 12.5. The molecule has 23 heavy (non-hydrogen) atoms. The average molecular weight is 329 g/mol. The maximum atomic E-state index is 12.3. The lowest BCUT2D eigenvalue weighted by molar-refractivity contribution is 0.0961. The smallest absolute Gasteiger partial charge is 0.204 e. The zero-order chi connectivity index (χ0) is 16.2. The molecule has 0 aliphatic carbocycles. The van der Waals surface area contributed by atoms with Gasteiger partial charge in [0.1, 0.15) is 12.3 Å². The van der Waals surface area contributed by atoms with E-state index in [-0.39, 0.29) is 12.3 Å². The number of carbonyl (C=O) groups is 1. The van der Waals surface area contributed by atoms with Crippen molar-refractivity contribution in [3.05, 3.63) is 59.1 Å². The molecule has 0 bridgehead atoms. The Morgan fingerprint density at radius 1 is 1.22 bits per heavy atom. The second kappa shape index (κ2) is 6.58. The van der Waals surface area contributed by atoms with E-state index in [9.17, 15) is 4.79 Å². The summed E-state index contributed by atoms with van der Waals surface area (Å²) in [4.78, 5) is 13.6. The first kappa shape index (κ1) is 15.2. The minimum absolute atomic E-state index is 0.0114. The summed E-state index contributed by atoms with van der Waals surface area (Å²) in [6.45, 7) is -0.0114. The Labute approximate surface area is 137 Å². The first-order valence-corrected chi connectivity index (χ1v) is 7.25. The number of ether oxygens (including phenoxy) is 1. The highest BCUT2D eigenvalue weighted by Gasteiger charge is 2.12. The number of benzene rings is 2. The van der Waals surface area contributed by atoms with Gasteiger partial charge in [-0.3, -0.25) is 4.79 Å². The van der Waals surface area contributed by atoms with E-state index in [1.165, 1.54) is 11.9 Å². The molecule has 1 heterocycles. The Morgan fingerprint density at radius 2 is 2.00 bits per heavy atom. The number of carbonyl (C=O) groups excluding carboxylic acids is 1. The first-order chi connectivity index (χ1) is 11.2. The van der Waals surface area contributed by atoms with Crippen LogP contribution in [0.2, 0.25) is 5.02 Å². The van der Waals surface area contributed by atoms with E-state index >= 15 is 0 Å². The number of hydrogen-bond donors (Lipinski definition) is 0. The van der Waals surface area contributed by atoms with E-state index in [0.29, 0.717) is 22.2 Å². The van der Waals surface area contributed by atoms with Crippen LogP contribution in [-0.4, -0.2) is 33.1 Å². The van der Waals surface area contributed by atoms with Gasteiger partial charge in [0.2, 0.25) is 5.82 Å². The molecular weight excluding hydrogens is 316 g/mol. The van der Waals surface area contributed by atoms with Gasteiger partial charge in [-0.05, 0) is 23.4 Å². The van der Waals surface area contributed by atoms with E-state index in [4.69, 9.17) is 16.3 Å². The molecule has 0 unspecified atom stereocenters. The Hall–Kier alpha value is -2.73. The molecule has 0 saturated carbocycles. The predicted octanol–water partition coefficient (Wildman–Crippen LogP) is 2.89. The number of Topliss-reactive ketones (excluding diaryl/α,β-unsaturated/α-hetero) is 1. The number of ketones is 1. The lowest BCUT2D eigenvalue weighted by Crippen LogP contribution is -2.13. The zero-order valence-electron chi connectivity index (χ0n) is 12.3. The quantitative estimate of drug-likeness (QED) is 0.673. The molecule has 1 aromatic heterocycles. The van der Waals surface area contributed by atoms with Gasteiger partial charge >= 0.3 is 0 Å². The van der Waals surface area contributed by atoms with Crippen molar-refractivity contribution in [3.8, 4) is 17.1 Å². The van der Waals surface area contributed by atoms with Gasteiger partial charge in [0.15, 0.2) is 5.78 Å². The highest BCUT2D eigenvalue weighted by Crippen LogP contribution is 2.25. The molecule has 0 fully saturated rings. The Kier molecular flexibility index (Phi) is 4.34. The topological polar surface area (TPSA) is 69.9 Å². The van der Waals surface area contributed by atoms with E-state index in [1.54, 1.807) is 18.2 Å². The largest absolute Gasteiger partial charge is 0.495 e. The van der Waals surface area contributed by atoms with Crippen molar-refractivity contribution >= 4 is 17.4 Å².